The summed E-state index contributed by atoms with van der Waals surface area (Å²) in [6.45, 7) is 2.22. The SMILES string of the molecule is COCC(O)c1scnc1C. The Morgan fingerprint density at radius 2 is 2.55 bits per heavy atom. The molecule has 0 aliphatic carbocycles. The molecule has 1 unspecified atom stereocenters. The Bertz CT molecular complexity index is 224. The van der Waals surface area contributed by atoms with E-state index in [4.69, 9.17) is 4.74 Å². The number of hydrogen-bond acceptors (Lipinski definition) is 4. The fourth-order valence-corrected chi connectivity index (χ4v) is 1.64. The van der Waals surface area contributed by atoms with Crippen molar-refractivity contribution in [3.8, 4) is 0 Å². The summed E-state index contributed by atoms with van der Waals surface area (Å²) in [7, 11) is 1.57. The molecule has 3 nitrogen and oxygen atoms in total. The van der Waals surface area contributed by atoms with E-state index in [0.717, 1.165) is 10.6 Å². The number of aromatic nitrogens is 1. The van der Waals surface area contributed by atoms with Crippen molar-refractivity contribution in [3.63, 3.8) is 0 Å². The van der Waals surface area contributed by atoms with Crippen molar-refractivity contribution in [2.45, 2.75) is 13.0 Å². The van der Waals surface area contributed by atoms with Crippen LogP contribution in [0.1, 0.15) is 16.7 Å². The highest BCUT2D eigenvalue weighted by atomic mass is 32.1. The zero-order chi connectivity index (χ0) is 8.27. The molecule has 0 saturated carbocycles. The molecule has 1 aromatic rings. The molecule has 0 spiro atoms. The van der Waals surface area contributed by atoms with Crippen LogP contribution in [-0.4, -0.2) is 23.8 Å². The van der Waals surface area contributed by atoms with Gasteiger partial charge in [-0.05, 0) is 6.92 Å². The number of aryl methyl sites for hydroxylation is 1. The molecule has 1 N–H and O–H groups in total. The molecular formula is C7H11NO2S. The van der Waals surface area contributed by atoms with Gasteiger partial charge in [0.1, 0.15) is 6.10 Å². The molecule has 1 rings (SSSR count). The molecule has 1 atom stereocenters. The number of thiazole rings is 1. The van der Waals surface area contributed by atoms with Gasteiger partial charge in [0.05, 0.1) is 22.7 Å². The second kappa shape index (κ2) is 3.80. The predicted molar refractivity (Wildman–Crippen MR) is 43.7 cm³/mol. The summed E-state index contributed by atoms with van der Waals surface area (Å²) < 4.78 is 4.81. The molecule has 62 valence electrons. The Hall–Kier alpha value is -0.450. The third-order valence-corrected chi connectivity index (χ3v) is 2.44. The lowest BCUT2D eigenvalue weighted by molar-refractivity contribution is 0.0661. The van der Waals surface area contributed by atoms with E-state index in [9.17, 15) is 5.11 Å². The van der Waals surface area contributed by atoms with E-state index in [2.05, 4.69) is 4.98 Å². The average Bonchev–Trinajstić information content (AvgIpc) is 2.36. The van der Waals surface area contributed by atoms with Crippen molar-refractivity contribution in [2.24, 2.45) is 0 Å². The molecule has 0 aliphatic heterocycles. The van der Waals surface area contributed by atoms with Gasteiger partial charge in [0.25, 0.3) is 0 Å². The number of ether oxygens (including phenoxy) is 1. The van der Waals surface area contributed by atoms with Gasteiger partial charge in [-0.25, -0.2) is 4.98 Å². The Kier molecular flexibility index (Phi) is 2.99. The quantitative estimate of drug-likeness (QED) is 0.745. The fraction of sp³-hybridized carbons (Fsp3) is 0.571. The van der Waals surface area contributed by atoms with Gasteiger partial charge in [-0.1, -0.05) is 0 Å². The molecule has 0 amide bonds. The van der Waals surface area contributed by atoms with E-state index >= 15 is 0 Å². The zero-order valence-corrected chi connectivity index (χ0v) is 7.39. The van der Waals surface area contributed by atoms with E-state index < -0.39 is 6.10 Å². The molecule has 0 radical (unpaired) electrons. The first-order chi connectivity index (χ1) is 5.25. The number of methoxy groups -OCH3 is 1. The highest BCUT2D eigenvalue weighted by molar-refractivity contribution is 7.09. The molecule has 1 heterocycles. The Balaban J connectivity index is 2.67. The van der Waals surface area contributed by atoms with Crippen LogP contribution in [0.15, 0.2) is 5.51 Å². The third kappa shape index (κ3) is 1.99. The Labute approximate surface area is 69.7 Å². The second-order valence-corrected chi connectivity index (χ2v) is 3.16. The maximum atomic E-state index is 9.44. The first-order valence-corrected chi connectivity index (χ1v) is 4.20. The van der Waals surface area contributed by atoms with Gasteiger partial charge in [-0.15, -0.1) is 11.3 Å². The third-order valence-electron chi connectivity index (χ3n) is 1.41. The summed E-state index contributed by atoms with van der Waals surface area (Å²) in [5.74, 6) is 0. The first kappa shape index (κ1) is 8.64. The van der Waals surface area contributed by atoms with E-state index in [-0.39, 0.29) is 0 Å². The van der Waals surface area contributed by atoms with Crippen molar-refractivity contribution in [1.29, 1.82) is 0 Å². The summed E-state index contributed by atoms with van der Waals surface area (Å²) in [6, 6.07) is 0. The molecule has 0 fully saturated rings. The van der Waals surface area contributed by atoms with Crippen molar-refractivity contribution in [2.75, 3.05) is 13.7 Å². The van der Waals surface area contributed by atoms with Gasteiger partial charge in [-0.2, -0.15) is 0 Å². The van der Waals surface area contributed by atoms with Gasteiger partial charge in [0.2, 0.25) is 0 Å². The molecule has 4 heteroatoms. The first-order valence-electron chi connectivity index (χ1n) is 3.32. The zero-order valence-electron chi connectivity index (χ0n) is 6.57. The predicted octanol–water partition coefficient (Wildman–Crippen LogP) is 1.13. The average molecular weight is 173 g/mol. The number of hydrogen-bond donors (Lipinski definition) is 1. The van der Waals surface area contributed by atoms with Gasteiger partial charge in [0, 0.05) is 7.11 Å². The van der Waals surface area contributed by atoms with Crippen LogP contribution in [0.4, 0.5) is 0 Å². The summed E-state index contributed by atoms with van der Waals surface area (Å²) in [5, 5.41) is 9.44. The van der Waals surface area contributed by atoms with Crippen LogP contribution in [0.25, 0.3) is 0 Å². The summed E-state index contributed by atoms with van der Waals surface area (Å²) in [6.07, 6.45) is -0.521. The molecule has 1 aromatic heterocycles. The van der Waals surface area contributed by atoms with Gasteiger partial charge >= 0.3 is 0 Å². The van der Waals surface area contributed by atoms with Crippen LogP contribution in [0.2, 0.25) is 0 Å². The normalized spacial score (nSPS) is 13.4. The molecular weight excluding hydrogens is 162 g/mol. The van der Waals surface area contributed by atoms with Crippen LogP contribution in [0, 0.1) is 6.92 Å². The summed E-state index contributed by atoms with van der Waals surface area (Å²) >= 11 is 1.46. The summed E-state index contributed by atoms with van der Waals surface area (Å²) in [4.78, 5) is 4.92. The van der Waals surface area contributed by atoms with Crippen LogP contribution in [-0.2, 0) is 4.74 Å². The number of rotatable bonds is 3. The lowest BCUT2D eigenvalue weighted by Crippen LogP contribution is -2.04. The molecule has 0 aliphatic rings. The van der Waals surface area contributed by atoms with Crippen molar-refractivity contribution in [1.82, 2.24) is 4.98 Å². The van der Waals surface area contributed by atoms with Crippen LogP contribution < -0.4 is 0 Å². The minimum Gasteiger partial charge on any atom is -0.385 e. The monoisotopic (exact) mass is 173 g/mol. The highest BCUT2D eigenvalue weighted by Gasteiger charge is 2.11. The highest BCUT2D eigenvalue weighted by Crippen LogP contribution is 2.21. The molecule has 11 heavy (non-hydrogen) atoms. The smallest absolute Gasteiger partial charge is 0.113 e. The van der Waals surface area contributed by atoms with E-state index in [1.807, 2.05) is 6.92 Å². The molecule has 0 aromatic carbocycles. The number of aliphatic hydroxyl groups excluding tert-OH is 1. The maximum Gasteiger partial charge on any atom is 0.113 e. The minimum absolute atomic E-state index is 0.336. The van der Waals surface area contributed by atoms with Crippen LogP contribution in [0.5, 0.6) is 0 Å². The largest absolute Gasteiger partial charge is 0.385 e. The van der Waals surface area contributed by atoms with Crippen molar-refractivity contribution >= 4 is 11.3 Å². The Morgan fingerprint density at radius 3 is 3.00 bits per heavy atom. The van der Waals surface area contributed by atoms with E-state index in [0.29, 0.717) is 6.61 Å². The van der Waals surface area contributed by atoms with E-state index in [1.54, 1.807) is 12.6 Å². The van der Waals surface area contributed by atoms with Crippen molar-refractivity contribution in [3.05, 3.63) is 16.1 Å². The van der Waals surface area contributed by atoms with Crippen LogP contribution >= 0.6 is 11.3 Å². The summed E-state index contributed by atoms with van der Waals surface area (Å²) in [5.41, 5.74) is 2.61. The van der Waals surface area contributed by atoms with E-state index in [1.165, 1.54) is 11.3 Å². The van der Waals surface area contributed by atoms with Gasteiger partial charge in [0.15, 0.2) is 0 Å². The van der Waals surface area contributed by atoms with Gasteiger partial charge in [-0.3, -0.25) is 0 Å². The minimum atomic E-state index is -0.521. The Morgan fingerprint density at radius 1 is 1.82 bits per heavy atom. The number of aliphatic hydroxyl groups is 1. The maximum absolute atomic E-state index is 9.44. The lowest BCUT2D eigenvalue weighted by atomic mass is 10.3. The molecule has 0 saturated heterocycles. The number of nitrogens with zero attached hydrogens (tertiary/aromatic N) is 1. The molecule has 0 bridgehead atoms. The standard InChI is InChI=1S/C7H11NO2S/c1-5-7(11-4-8-5)6(9)3-10-2/h4,6,9H,3H2,1-2H3. The fourth-order valence-electron chi connectivity index (χ4n) is 0.864. The van der Waals surface area contributed by atoms with Gasteiger partial charge < -0.3 is 9.84 Å². The topological polar surface area (TPSA) is 42.4 Å². The van der Waals surface area contributed by atoms with Crippen molar-refractivity contribution < 1.29 is 9.84 Å². The second-order valence-electron chi connectivity index (χ2n) is 2.27. The lowest BCUT2D eigenvalue weighted by Gasteiger charge is -2.06. The van der Waals surface area contributed by atoms with Crippen LogP contribution in [0.3, 0.4) is 0 Å².